The molecule has 1 amide bonds. The number of alkyl halides is 1. The van der Waals surface area contributed by atoms with Crippen molar-refractivity contribution in [2.75, 3.05) is 11.9 Å². The fourth-order valence-corrected chi connectivity index (χ4v) is 2.35. The van der Waals surface area contributed by atoms with E-state index in [0.29, 0.717) is 11.8 Å². The summed E-state index contributed by atoms with van der Waals surface area (Å²) in [6, 6.07) is 3.63. The van der Waals surface area contributed by atoms with E-state index in [-0.39, 0.29) is 11.1 Å². The van der Waals surface area contributed by atoms with Crippen LogP contribution in [-0.4, -0.2) is 28.7 Å². The SMILES string of the molecule is O=C(c1ccc(Cl)o1)N(CCCBr)C1CCC1. The van der Waals surface area contributed by atoms with Crippen molar-refractivity contribution in [3.63, 3.8) is 0 Å². The fourth-order valence-electron chi connectivity index (χ4n) is 1.95. The first-order valence-corrected chi connectivity index (χ1v) is 7.34. The summed E-state index contributed by atoms with van der Waals surface area (Å²) in [5.41, 5.74) is 0. The lowest BCUT2D eigenvalue weighted by molar-refractivity contribution is 0.0549. The molecule has 2 rings (SSSR count). The summed E-state index contributed by atoms with van der Waals surface area (Å²) in [5.74, 6) is 0.305. The molecule has 1 saturated carbocycles. The second kappa shape index (κ2) is 5.91. The molecule has 0 unspecified atom stereocenters. The van der Waals surface area contributed by atoms with Crippen LogP contribution in [0.15, 0.2) is 16.5 Å². The summed E-state index contributed by atoms with van der Waals surface area (Å²) in [6.07, 6.45) is 4.36. The predicted octanol–water partition coefficient (Wildman–Crippen LogP) is 3.71. The minimum absolute atomic E-state index is 0.0393. The summed E-state index contributed by atoms with van der Waals surface area (Å²) in [4.78, 5) is 14.2. The molecule has 94 valence electrons. The number of furan rings is 1. The molecule has 1 aliphatic rings. The molecule has 0 N–H and O–H groups in total. The van der Waals surface area contributed by atoms with E-state index in [9.17, 15) is 4.79 Å². The summed E-state index contributed by atoms with van der Waals surface area (Å²) in [7, 11) is 0. The summed E-state index contributed by atoms with van der Waals surface area (Å²) in [5, 5.41) is 1.17. The number of carbonyl (C=O) groups excluding carboxylic acids is 1. The topological polar surface area (TPSA) is 33.5 Å². The van der Waals surface area contributed by atoms with Gasteiger partial charge in [-0.2, -0.15) is 0 Å². The Morgan fingerprint density at radius 3 is 2.76 bits per heavy atom. The van der Waals surface area contributed by atoms with E-state index < -0.39 is 0 Å². The average molecular weight is 321 g/mol. The van der Waals surface area contributed by atoms with Crippen LogP contribution in [0.25, 0.3) is 0 Å². The van der Waals surface area contributed by atoms with Crippen LogP contribution in [0.3, 0.4) is 0 Å². The van der Waals surface area contributed by atoms with Crippen LogP contribution in [0.2, 0.25) is 5.22 Å². The van der Waals surface area contributed by atoms with Gasteiger partial charge in [0, 0.05) is 17.9 Å². The zero-order chi connectivity index (χ0) is 12.3. The number of nitrogens with zero attached hydrogens (tertiary/aromatic N) is 1. The Kier molecular flexibility index (Phi) is 4.51. The van der Waals surface area contributed by atoms with Gasteiger partial charge < -0.3 is 9.32 Å². The summed E-state index contributed by atoms with van der Waals surface area (Å²) < 4.78 is 5.19. The molecule has 0 aromatic carbocycles. The lowest BCUT2D eigenvalue weighted by Crippen LogP contribution is -2.44. The van der Waals surface area contributed by atoms with Gasteiger partial charge in [0.1, 0.15) is 0 Å². The Hall–Kier alpha value is -0.480. The Balaban J connectivity index is 2.06. The van der Waals surface area contributed by atoms with Gasteiger partial charge in [0.15, 0.2) is 11.0 Å². The van der Waals surface area contributed by atoms with Crippen molar-refractivity contribution in [1.29, 1.82) is 0 Å². The van der Waals surface area contributed by atoms with E-state index in [2.05, 4.69) is 15.9 Å². The third-order valence-electron chi connectivity index (χ3n) is 3.09. The number of halogens is 2. The molecule has 3 nitrogen and oxygen atoms in total. The normalized spacial score (nSPS) is 15.6. The summed E-state index contributed by atoms with van der Waals surface area (Å²) in [6.45, 7) is 0.771. The molecule has 1 heterocycles. The van der Waals surface area contributed by atoms with Gasteiger partial charge in [-0.3, -0.25) is 4.79 Å². The Morgan fingerprint density at radius 1 is 1.53 bits per heavy atom. The van der Waals surface area contributed by atoms with Crippen molar-refractivity contribution in [3.05, 3.63) is 23.1 Å². The van der Waals surface area contributed by atoms with Crippen LogP contribution >= 0.6 is 27.5 Å². The van der Waals surface area contributed by atoms with Gasteiger partial charge in [0.05, 0.1) is 0 Å². The third-order valence-corrected chi connectivity index (χ3v) is 3.86. The second-order valence-electron chi connectivity index (χ2n) is 4.23. The van der Waals surface area contributed by atoms with E-state index in [1.807, 2.05) is 4.90 Å². The van der Waals surface area contributed by atoms with Crippen molar-refractivity contribution < 1.29 is 9.21 Å². The van der Waals surface area contributed by atoms with Crippen LogP contribution in [0.5, 0.6) is 0 Å². The van der Waals surface area contributed by atoms with Crippen LogP contribution in [0.4, 0.5) is 0 Å². The van der Waals surface area contributed by atoms with Crippen LogP contribution < -0.4 is 0 Å². The highest BCUT2D eigenvalue weighted by atomic mass is 79.9. The summed E-state index contributed by atoms with van der Waals surface area (Å²) >= 11 is 9.09. The molecule has 0 spiro atoms. The molecule has 1 aromatic rings. The average Bonchev–Trinajstić information content (AvgIpc) is 2.67. The van der Waals surface area contributed by atoms with Crippen molar-refractivity contribution in [3.8, 4) is 0 Å². The molecule has 0 saturated heterocycles. The third kappa shape index (κ3) is 3.05. The van der Waals surface area contributed by atoms with Crippen LogP contribution in [-0.2, 0) is 0 Å². The van der Waals surface area contributed by atoms with Crippen molar-refractivity contribution >= 4 is 33.4 Å². The highest BCUT2D eigenvalue weighted by Gasteiger charge is 2.30. The largest absolute Gasteiger partial charge is 0.440 e. The standard InChI is InChI=1S/C12H15BrClNO2/c13-7-2-8-15(9-3-1-4-9)12(16)10-5-6-11(14)17-10/h5-6,9H,1-4,7-8H2. The molecular weight excluding hydrogens is 305 g/mol. The first-order chi connectivity index (χ1) is 8.22. The molecule has 0 bridgehead atoms. The maximum atomic E-state index is 12.3. The van der Waals surface area contributed by atoms with Gasteiger partial charge in [-0.15, -0.1) is 0 Å². The first kappa shape index (κ1) is 13.0. The quantitative estimate of drug-likeness (QED) is 0.775. The Morgan fingerprint density at radius 2 is 2.29 bits per heavy atom. The maximum Gasteiger partial charge on any atom is 0.289 e. The molecule has 1 fully saturated rings. The number of hydrogen-bond donors (Lipinski definition) is 0. The number of amides is 1. The molecule has 0 atom stereocenters. The molecule has 5 heteroatoms. The number of rotatable bonds is 5. The predicted molar refractivity (Wildman–Crippen MR) is 70.8 cm³/mol. The van der Waals surface area contributed by atoms with Gasteiger partial charge in [-0.25, -0.2) is 0 Å². The van der Waals surface area contributed by atoms with Gasteiger partial charge in [0.25, 0.3) is 5.91 Å². The minimum atomic E-state index is -0.0393. The molecule has 0 aliphatic heterocycles. The smallest absolute Gasteiger partial charge is 0.289 e. The lowest BCUT2D eigenvalue weighted by atomic mass is 9.91. The van der Waals surface area contributed by atoms with Crippen molar-refractivity contribution in [2.45, 2.75) is 31.7 Å². The highest BCUT2D eigenvalue weighted by molar-refractivity contribution is 9.09. The zero-order valence-electron chi connectivity index (χ0n) is 9.49. The Bertz CT molecular complexity index is 390. The van der Waals surface area contributed by atoms with E-state index >= 15 is 0 Å². The number of hydrogen-bond acceptors (Lipinski definition) is 2. The van der Waals surface area contributed by atoms with Crippen molar-refractivity contribution in [1.82, 2.24) is 4.90 Å². The van der Waals surface area contributed by atoms with Gasteiger partial charge in [0.2, 0.25) is 0 Å². The van der Waals surface area contributed by atoms with Gasteiger partial charge in [-0.1, -0.05) is 15.9 Å². The maximum absolute atomic E-state index is 12.3. The molecule has 0 radical (unpaired) electrons. The van der Waals surface area contributed by atoms with Crippen molar-refractivity contribution in [2.24, 2.45) is 0 Å². The van der Waals surface area contributed by atoms with Gasteiger partial charge in [-0.05, 0) is 49.4 Å². The van der Waals surface area contributed by atoms with E-state index in [0.717, 1.165) is 31.1 Å². The minimum Gasteiger partial charge on any atom is -0.440 e. The van der Waals surface area contributed by atoms with E-state index in [1.54, 1.807) is 12.1 Å². The molecule has 1 aliphatic carbocycles. The zero-order valence-corrected chi connectivity index (χ0v) is 11.8. The Labute approximate surface area is 114 Å². The monoisotopic (exact) mass is 319 g/mol. The molecule has 1 aromatic heterocycles. The molecule has 17 heavy (non-hydrogen) atoms. The highest BCUT2D eigenvalue weighted by Crippen LogP contribution is 2.27. The fraction of sp³-hybridized carbons (Fsp3) is 0.583. The van der Waals surface area contributed by atoms with E-state index in [4.69, 9.17) is 16.0 Å². The van der Waals surface area contributed by atoms with Gasteiger partial charge >= 0.3 is 0 Å². The lowest BCUT2D eigenvalue weighted by Gasteiger charge is -2.37. The number of carbonyl (C=O) groups is 1. The second-order valence-corrected chi connectivity index (χ2v) is 5.40. The van der Waals surface area contributed by atoms with Crippen LogP contribution in [0, 0.1) is 0 Å². The molecular formula is C12H15BrClNO2. The van der Waals surface area contributed by atoms with E-state index in [1.165, 1.54) is 6.42 Å². The first-order valence-electron chi connectivity index (χ1n) is 5.84. The van der Waals surface area contributed by atoms with Crippen LogP contribution in [0.1, 0.15) is 36.2 Å².